The van der Waals surface area contributed by atoms with Gasteiger partial charge in [0.15, 0.2) is 0 Å². The Kier molecular flexibility index (Phi) is 8.08. The standard InChI is InChI=1S/C29H34N4O/c1-3-20-33(25(4-2)29(34)31-24-18-12-7-13-19-24)26-21-30-27(22-14-8-5-9-15-22)28(32-26)23-16-10-6-11-17-23/h3,5-6,8-11,14-17,21,24-25H,1,4,7,12-13,18-20H2,2H3,(H,31,34). The summed E-state index contributed by atoms with van der Waals surface area (Å²) in [5, 5.41) is 3.30. The summed E-state index contributed by atoms with van der Waals surface area (Å²) >= 11 is 0. The van der Waals surface area contributed by atoms with E-state index in [0.29, 0.717) is 18.8 Å². The Hall–Kier alpha value is -3.47. The van der Waals surface area contributed by atoms with Crippen LogP contribution in [0, 0.1) is 0 Å². The Morgan fingerprint density at radius 3 is 2.24 bits per heavy atom. The minimum absolute atomic E-state index is 0.0615. The topological polar surface area (TPSA) is 58.1 Å². The predicted molar refractivity (Wildman–Crippen MR) is 140 cm³/mol. The van der Waals surface area contributed by atoms with E-state index in [1.54, 1.807) is 6.20 Å². The van der Waals surface area contributed by atoms with E-state index < -0.39 is 0 Å². The maximum Gasteiger partial charge on any atom is 0.242 e. The molecule has 1 aliphatic rings. The van der Waals surface area contributed by atoms with Gasteiger partial charge in [0.1, 0.15) is 11.9 Å². The number of nitrogens with one attached hydrogen (secondary N) is 1. The molecule has 1 amide bonds. The van der Waals surface area contributed by atoms with Gasteiger partial charge in [-0.2, -0.15) is 0 Å². The van der Waals surface area contributed by atoms with E-state index in [-0.39, 0.29) is 18.0 Å². The molecule has 3 aromatic rings. The number of hydrogen-bond donors (Lipinski definition) is 1. The second-order valence-electron chi connectivity index (χ2n) is 8.87. The molecule has 1 heterocycles. The lowest BCUT2D eigenvalue weighted by atomic mass is 9.95. The van der Waals surface area contributed by atoms with Gasteiger partial charge in [0.25, 0.3) is 0 Å². The van der Waals surface area contributed by atoms with Crippen molar-refractivity contribution in [1.29, 1.82) is 0 Å². The van der Waals surface area contributed by atoms with Gasteiger partial charge in [-0.05, 0) is 19.3 Å². The number of nitrogens with zero attached hydrogens (tertiary/aromatic N) is 3. The lowest BCUT2D eigenvalue weighted by Gasteiger charge is -2.32. The summed E-state index contributed by atoms with van der Waals surface area (Å²) in [5.74, 6) is 0.746. The number of benzene rings is 2. The summed E-state index contributed by atoms with van der Waals surface area (Å²) in [6.07, 6.45) is 10.0. The number of amides is 1. The highest BCUT2D eigenvalue weighted by Gasteiger charge is 2.28. The van der Waals surface area contributed by atoms with Gasteiger partial charge < -0.3 is 10.2 Å². The van der Waals surface area contributed by atoms with E-state index in [1.165, 1.54) is 19.3 Å². The van der Waals surface area contributed by atoms with Crippen LogP contribution in [-0.4, -0.2) is 34.5 Å². The lowest BCUT2D eigenvalue weighted by Crippen LogP contribution is -2.50. The highest BCUT2D eigenvalue weighted by atomic mass is 16.2. The zero-order chi connectivity index (χ0) is 23.8. The van der Waals surface area contributed by atoms with E-state index in [1.807, 2.05) is 78.6 Å². The van der Waals surface area contributed by atoms with Gasteiger partial charge >= 0.3 is 0 Å². The fourth-order valence-corrected chi connectivity index (χ4v) is 4.73. The van der Waals surface area contributed by atoms with Gasteiger partial charge in [0.05, 0.1) is 17.6 Å². The largest absolute Gasteiger partial charge is 0.352 e. The number of carbonyl (C=O) groups excluding carboxylic acids is 1. The van der Waals surface area contributed by atoms with Crippen LogP contribution in [0.2, 0.25) is 0 Å². The van der Waals surface area contributed by atoms with Gasteiger partial charge in [-0.15, -0.1) is 6.58 Å². The second kappa shape index (κ2) is 11.6. The van der Waals surface area contributed by atoms with E-state index >= 15 is 0 Å². The van der Waals surface area contributed by atoms with Crippen LogP contribution in [0.4, 0.5) is 5.82 Å². The Morgan fingerprint density at radius 2 is 1.65 bits per heavy atom. The van der Waals surface area contributed by atoms with Crippen LogP contribution in [0.15, 0.2) is 79.5 Å². The molecular formula is C29H34N4O. The van der Waals surface area contributed by atoms with Crippen molar-refractivity contribution in [1.82, 2.24) is 15.3 Å². The van der Waals surface area contributed by atoms with Crippen molar-refractivity contribution in [3.05, 3.63) is 79.5 Å². The van der Waals surface area contributed by atoms with Crippen molar-refractivity contribution >= 4 is 11.7 Å². The Labute approximate surface area is 203 Å². The number of hydrogen-bond acceptors (Lipinski definition) is 4. The van der Waals surface area contributed by atoms with Crippen molar-refractivity contribution in [2.45, 2.75) is 57.5 Å². The molecule has 0 bridgehead atoms. The molecule has 4 rings (SSSR count). The lowest BCUT2D eigenvalue weighted by molar-refractivity contribution is -0.123. The van der Waals surface area contributed by atoms with Crippen molar-refractivity contribution in [2.75, 3.05) is 11.4 Å². The maximum atomic E-state index is 13.3. The van der Waals surface area contributed by atoms with Crippen LogP contribution >= 0.6 is 0 Å². The average molecular weight is 455 g/mol. The van der Waals surface area contributed by atoms with Crippen LogP contribution in [0.1, 0.15) is 45.4 Å². The Balaban J connectivity index is 1.70. The minimum Gasteiger partial charge on any atom is -0.352 e. The zero-order valence-electron chi connectivity index (χ0n) is 20.0. The molecule has 5 heteroatoms. The van der Waals surface area contributed by atoms with E-state index in [0.717, 1.165) is 35.4 Å². The van der Waals surface area contributed by atoms with E-state index in [2.05, 4.69) is 11.9 Å². The molecule has 0 spiro atoms. The molecule has 1 fully saturated rings. The third-order valence-electron chi connectivity index (χ3n) is 6.49. The first kappa shape index (κ1) is 23.7. The molecule has 0 aliphatic heterocycles. The molecule has 0 radical (unpaired) electrons. The minimum atomic E-state index is -0.333. The highest BCUT2D eigenvalue weighted by molar-refractivity contribution is 5.86. The van der Waals surface area contributed by atoms with Crippen molar-refractivity contribution in [3.8, 4) is 22.5 Å². The van der Waals surface area contributed by atoms with E-state index in [9.17, 15) is 4.79 Å². The number of carbonyl (C=O) groups is 1. The molecule has 1 atom stereocenters. The van der Waals surface area contributed by atoms with Crippen LogP contribution in [0.25, 0.3) is 22.5 Å². The third kappa shape index (κ3) is 5.53. The summed E-state index contributed by atoms with van der Waals surface area (Å²) in [7, 11) is 0. The summed E-state index contributed by atoms with van der Waals surface area (Å²) < 4.78 is 0. The van der Waals surface area contributed by atoms with Gasteiger partial charge in [0, 0.05) is 23.7 Å². The number of aromatic nitrogens is 2. The highest BCUT2D eigenvalue weighted by Crippen LogP contribution is 2.31. The normalized spacial score (nSPS) is 14.9. The van der Waals surface area contributed by atoms with Gasteiger partial charge in [-0.3, -0.25) is 9.78 Å². The molecule has 1 aromatic heterocycles. The van der Waals surface area contributed by atoms with E-state index in [4.69, 9.17) is 9.97 Å². The molecular weight excluding hydrogens is 420 g/mol. The molecule has 1 saturated carbocycles. The average Bonchev–Trinajstić information content (AvgIpc) is 2.90. The Bertz CT molecular complexity index is 1080. The van der Waals surface area contributed by atoms with Crippen molar-refractivity contribution < 1.29 is 4.79 Å². The van der Waals surface area contributed by atoms with Gasteiger partial charge in [-0.1, -0.05) is 92.9 Å². The molecule has 176 valence electrons. The Morgan fingerprint density at radius 1 is 1.03 bits per heavy atom. The first-order chi connectivity index (χ1) is 16.7. The molecule has 0 saturated heterocycles. The van der Waals surface area contributed by atoms with Crippen molar-refractivity contribution in [2.24, 2.45) is 0 Å². The summed E-state index contributed by atoms with van der Waals surface area (Å²) in [5.41, 5.74) is 3.64. The van der Waals surface area contributed by atoms with Crippen LogP contribution in [0.3, 0.4) is 0 Å². The number of rotatable bonds is 9. The van der Waals surface area contributed by atoms with Crippen LogP contribution in [0.5, 0.6) is 0 Å². The summed E-state index contributed by atoms with van der Waals surface area (Å²) in [6, 6.07) is 20.1. The summed E-state index contributed by atoms with van der Waals surface area (Å²) in [4.78, 5) is 25.3. The number of anilines is 1. The molecule has 2 aromatic carbocycles. The second-order valence-corrected chi connectivity index (χ2v) is 8.87. The first-order valence-corrected chi connectivity index (χ1v) is 12.4. The van der Waals surface area contributed by atoms with Crippen LogP contribution in [-0.2, 0) is 4.79 Å². The SMILES string of the molecule is C=CCN(c1cnc(-c2ccccc2)c(-c2ccccc2)n1)C(CC)C(=O)NC1CCCCC1. The van der Waals surface area contributed by atoms with Gasteiger partial charge in [0.2, 0.25) is 5.91 Å². The maximum absolute atomic E-state index is 13.3. The molecule has 1 aliphatic carbocycles. The van der Waals surface area contributed by atoms with Gasteiger partial charge in [-0.25, -0.2) is 4.98 Å². The monoisotopic (exact) mass is 454 g/mol. The fourth-order valence-electron chi connectivity index (χ4n) is 4.73. The quantitative estimate of drug-likeness (QED) is 0.401. The molecule has 5 nitrogen and oxygen atoms in total. The summed E-state index contributed by atoms with van der Waals surface area (Å²) in [6.45, 7) is 6.51. The molecule has 1 unspecified atom stereocenters. The molecule has 34 heavy (non-hydrogen) atoms. The fraction of sp³-hybridized carbons (Fsp3) is 0.345. The molecule has 1 N–H and O–H groups in total. The predicted octanol–water partition coefficient (Wildman–Crippen LogP) is 6.03. The van der Waals surface area contributed by atoms with Crippen LogP contribution < -0.4 is 10.2 Å². The van der Waals surface area contributed by atoms with Crippen molar-refractivity contribution in [3.63, 3.8) is 0 Å². The zero-order valence-corrected chi connectivity index (χ0v) is 20.0. The first-order valence-electron chi connectivity index (χ1n) is 12.4. The smallest absolute Gasteiger partial charge is 0.242 e. The third-order valence-corrected chi connectivity index (χ3v) is 6.49.